The largest absolute Gasteiger partial charge is 0.270 e. The molecule has 0 bridgehead atoms. The van der Waals surface area contributed by atoms with Gasteiger partial charge in [0.15, 0.2) is 4.32 Å². The van der Waals surface area contributed by atoms with Gasteiger partial charge in [0.25, 0.3) is 5.91 Å². The van der Waals surface area contributed by atoms with Crippen LogP contribution in [0.2, 0.25) is 0 Å². The molecule has 21 heavy (non-hydrogen) atoms. The van der Waals surface area contributed by atoms with E-state index in [4.69, 9.17) is 12.2 Å². The number of thioether (sulfide) groups is 1. The third-order valence-corrected chi connectivity index (χ3v) is 4.30. The third-order valence-electron chi connectivity index (χ3n) is 3.00. The van der Waals surface area contributed by atoms with Crippen molar-refractivity contribution in [2.24, 2.45) is 0 Å². The quantitative estimate of drug-likeness (QED) is 0.611. The Morgan fingerprint density at radius 2 is 1.71 bits per heavy atom. The lowest BCUT2D eigenvalue weighted by atomic mass is 10.2. The maximum absolute atomic E-state index is 13.7. The zero-order valence-corrected chi connectivity index (χ0v) is 12.5. The summed E-state index contributed by atoms with van der Waals surface area (Å²) in [6.45, 7) is 0. The van der Waals surface area contributed by atoms with Crippen LogP contribution in [0.25, 0.3) is 6.08 Å². The second-order valence-electron chi connectivity index (χ2n) is 4.37. The summed E-state index contributed by atoms with van der Waals surface area (Å²) in [7, 11) is 0. The molecule has 5 heteroatoms. The monoisotopic (exact) mass is 315 g/mol. The van der Waals surface area contributed by atoms with Crippen molar-refractivity contribution in [2.45, 2.75) is 0 Å². The van der Waals surface area contributed by atoms with Crippen LogP contribution in [0.4, 0.5) is 10.1 Å². The van der Waals surface area contributed by atoms with Gasteiger partial charge in [-0.2, -0.15) is 0 Å². The Balaban J connectivity index is 1.96. The van der Waals surface area contributed by atoms with Crippen molar-refractivity contribution in [3.05, 3.63) is 70.9 Å². The molecule has 1 amide bonds. The Kier molecular flexibility index (Phi) is 3.86. The van der Waals surface area contributed by atoms with Crippen molar-refractivity contribution in [3.8, 4) is 0 Å². The Morgan fingerprint density at radius 3 is 2.43 bits per heavy atom. The lowest BCUT2D eigenvalue weighted by molar-refractivity contribution is -0.113. The van der Waals surface area contributed by atoms with Crippen LogP contribution in [0, 0.1) is 5.82 Å². The topological polar surface area (TPSA) is 20.3 Å². The van der Waals surface area contributed by atoms with Gasteiger partial charge in [-0.1, -0.05) is 60.4 Å². The predicted octanol–water partition coefficient (Wildman–Crippen LogP) is 4.23. The van der Waals surface area contributed by atoms with E-state index in [0.717, 1.165) is 5.69 Å². The molecular weight excluding hydrogens is 305 g/mol. The van der Waals surface area contributed by atoms with E-state index in [9.17, 15) is 9.18 Å². The molecule has 1 aliphatic heterocycles. The van der Waals surface area contributed by atoms with Gasteiger partial charge in [0.05, 0.1) is 10.6 Å². The van der Waals surface area contributed by atoms with Gasteiger partial charge < -0.3 is 0 Å². The molecule has 1 fully saturated rings. The van der Waals surface area contributed by atoms with Crippen molar-refractivity contribution >= 4 is 46.0 Å². The zero-order chi connectivity index (χ0) is 14.8. The first-order valence-corrected chi connectivity index (χ1v) is 7.47. The third kappa shape index (κ3) is 2.75. The van der Waals surface area contributed by atoms with Crippen LogP contribution in [-0.4, -0.2) is 10.2 Å². The Hall–Kier alpha value is -1.98. The average Bonchev–Trinajstić information content (AvgIpc) is 2.77. The average molecular weight is 315 g/mol. The van der Waals surface area contributed by atoms with E-state index in [1.54, 1.807) is 18.2 Å². The number of nitrogens with zero attached hydrogens (tertiary/aromatic N) is 1. The van der Waals surface area contributed by atoms with E-state index in [1.807, 2.05) is 30.3 Å². The Morgan fingerprint density at radius 1 is 1.05 bits per heavy atom. The number of benzene rings is 2. The summed E-state index contributed by atoms with van der Waals surface area (Å²) in [5, 5.41) is 0. The molecule has 0 saturated carbocycles. The Labute approximate surface area is 131 Å². The van der Waals surface area contributed by atoms with Crippen LogP contribution in [0.3, 0.4) is 0 Å². The molecule has 0 N–H and O–H groups in total. The first-order valence-electron chi connectivity index (χ1n) is 6.24. The van der Waals surface area contributed by atoms with Gasteiger partial charge >= 0.3 is 0 Å². The van der Waals surface area contributed by atoms with Crippen LogP contribution in [0.15, 0.2) is 59.5 Å². The molecule has 104 valence electrons. The van der Waals surface area contributed by atoms with E-state index in [2.05, 4.69) is 0 Å². The fourth-order valence-electron chi connectivity index (χ4n) is 2.00. The molecule has 2 aromatic rings. The second-order valence-corrected chi connectivity index (χ2v) is 6.05. The molecule has 0 aliphatic carbocycles. The number of rotatable bonds is 2. The molecule has 2 aromatic carbocycles. The van der Waals surface area contributed by atoms with Crippen LogP contribution >= 0.6 is 24.0 Å². The van der Waals surface area contributed by atoms with Crippen LogP contribution in [0.1, 0.15) is 5.56 Å². The van der Waals surface area contributed by atoms with Crippen molar-refractivity contribution in [3.63, 3.8) is 0 Å². The smallest absolute Gasteiger partial charge is 0.268 e. The highest BCUT2D eigenvalue weighted by atomic mass is 32.2. The highest BCUT2D eigenvalue weighted by Crippen LogP contribution is 2.36. The molecule has 1 saturated heterocycles. The first kappa shape index (κ1) is 14.0. The summed E-state index contributed by atoms with van der Waals surface area (Å²) >= 11 is 6.44. The van der Waals surface area contributed by atoms with Crippen molar-refractivity contribution in [1.82, 2.24) is 0 Å². The van der Waals surface area contributed by atoms with Crippen molar-refractivity contribution in [1.29, 1.82) is 0 Å². The molecule has 1 heterocycles. The second kappa shape index (κ2) is 5.79. The summed E-state index contributed by atoms with van der Waals surface area (Å²) in [6, 6.07) is 15.5. The number of halogens is 1. The number of thiocarbonyl (C=S) groups is 1. The minimum Gasteiger partial charge on any atom is -0.268 e. The molecule has 0 aromatic heterocycles. The van der Waals surface area contributed by atoms with Gasteiger partial charge in [0, 0.05) is 5.56 Å². The number of amides is 1. The zero-order valence-electron chi connectivity index (χ0n) is 10.8. The van der Waals surface area contributed by atoms with Gasteiger partial charge in [-0.05, 0) is 24.3 Å². The maximum Gasteiger partial charge on any atom is 0.270 e. The predicted molar refractivity (Wildman–Crippen MR) is 88.5 cm³/mol. The van der Waals surface area contributed by atoms with Gasteiger partial charge in [0.1, 0.15) is 5.82 Å². The van der Waals surface area contributed by atoms with Crippen molar-refractivity contribution < 1.29 is 9.18 Å². The fourth-order valence-corrected chi connectivity index (χ4v) is 3.29. The van der Waals surface area contributed by atoms with E-state index in [0.29, 0.717) is 14.8 Å². The summed E-state index contributed by atoms with van der Waals surface area (Å²) in [6.07, 6.45) is 1.54. The van der Waals surface area contributed by atoms with Gasteiger partial charge in [-0.3, -0.25) is 9.69 Å². The maximum atomic E-state index is 13.7. The molecule has 0 spiro atoms. The van der Waals surface area contributed by atoms with E-state index in [1.165, 1.54) is 28.8 Å². The van der Waals surface area contributed by atoms with E-state index in [-0.39, 0.29) is 11.7 Å². The number of anilines is 1. The standard InChI is InChI=1S/C16H10FNOS2/c17-13-9-5-4-6-11(13)10-14-15(19)18(16(20)21-14)12-7-2-1-3-8-12/h1-10H/b14-10+. The fraction of sp³-hybridized carbons (Fsp3) is 0. The van der Waals surface area contributed by atoms with E-state index < -0.39 is 0 Å². The van der Waals surface area contributed by atoms with E-state index >= 15 is 0 Å². The number of hydrogen-bond donors (Lipinski definition) is 0. The van der Waals surface area contributed by atoms with Crippen LogP contribution < -0.4 is 4.90 Å². The normalized spacial score (nSPS) is 16.8. The number of carbonyl (C=O) groups is 1. The highest BCUT2D eigenvalue weighted by Gasteiger charge is 2.33. The van der Waals surface area contributed by atoms with Gasteiger partial charge in [-0.25, -0.2) is 4.39 Å². The minimum atomic E-state index is -0.359. The molecule has 2 nitrogen and oxygen atoms in total. The molecular formula is C16H10FNOS2. The lowest BCUT2D eigenvalue weighted by Gasteiger charge is -2.13. The summed E-state index contributed by atoms with van der Waals surface area (Å²) < 4.78 is 14.1. The minimum absolute atomic E-state index is 0.223. The SMILES string of the molecule is O=C1/C(=C\c2ccccc2F)SC(=S)N1c1ccccc1. The Bertz CT molecular complexity index is 743. The summed E-state index contributed by atoms with van der Waals surface area (Å²) in [5.74, 6) is -0.582. The number of hydrogen-bond acceptors (Lipinski definition) is 3. The molecule has 3 rings (SSSR count). The lowest BCUT2D eigenvalue weighted by Crippen LogP contribution is -2.27. The van der Waals surface area contributed by atoms with Crippen molar-refractivity contribution in [2.75, 3.05) is 4.90 Å². The molecule has 0 atom stereocenters. The van der Waals surface area contributed by atoms with Crippen LogP contribution in [-0.2, 0) is 4.79 Å². The first-order chi connectivity index (χ1) is 10.2. The van der Waals surface area contributed by atoms with Crippen LogP contribution in [0.5, 0.6) is 0 Å². The van der Waals surface area contributed by atoms with Gasteiger partial charge in [-0.15, -0.1) is 0 Å². The summed E-state index contributed by atoms with van der Waals surface area (Å²) in [4.78, 5) is 14.3. The molecule has 0 radical (unpaired) electrons. The molecule has 1 aliphatic rings. The number of carbonyl (C=O) groups excluding carboxylic acids is 1. The summed E-state index contributed by atoms with van der Waals surface area (Å²) in [5.41, 5.74) is 1.10. The number of para-hydroxylation sites is 1. The molecule has 0 unspecified atom stereocenters. The van der Waals surface area contributed by atoms with Gasteiger partial charge in [0.2, 0.25) is 0 Å². The highest BCUT2D eigenvalue weighted by molar-refractivity contribution is 8.27.